The smallest absolute Gasteiger partial charge is 0.329 e. The summed E-state index contributed by atoms with van der Waals surface area (Å²) in [4.78, 5) is 51.7. The molecule has 1 amide bonds. The van der Waals surface area contributed by atoms with E-state index < -0.39 is 35.2 Å². The van der Waals surface area contributed by atoms with Crippen LogP contribution in [0.5, 0.6) is 0 Å². The van der Waals surface area contributed by atoms with Crippen molar-refractivity contribution < 1.29 is 14.7 Å². The molecule has 2 atom stereocenters. The Morgan fingerprint density at radius 1 is 1.07 bits per heavy atom. The summed E-state index contributed by atoms with van der Waals surface area (Å²) in [5, 5.41) is 12.1. The molecule has 3 aromatic rings. The number of hydrogen-bond acceptors (Lipinski definition) is 4. The number of rotatable bonds is 6. The summed E-state index contributed by atoms with van der Waals surface area (Å²) in [5.74, 6) is -1.93. The maximum Gasteiger partial charge on any atom is 0.329 e. The highest BCUT2D eigenvalue weighted by atomic mass is 16.4. The highest BCUT2D eigenvalue weighted by Gasteiger charge is 2.26. The van der Waals surface area contributed by atoms with Crippen LogP contribution in [0.3, 0.4) is 0 Å². The van der Waals surface area contributed by atoms with Gasteiger partial charge in [0.25, 0.3) is 5.56 Å². The molecule has 0 fully saturated rings. The summed E-state index contributed by atoms with van der Waals surface area (Å²) >= 11 is 0. The summed E-state index contributed by atoms with van der Waals surface area (Å²) in [7, 11) is 0. The van der Waals surface area contributed by atoms with Crippen molar-refractivity contribution in [3.63, 3.8) is 0 Å². The molecule has 8 nitrogen and oxygen atoms in total. The lowest BCUT2D eigenvalue weighted by Crippen LogP contribution is -2.48. The van der Waals surface area contributed by atoms with E-state index in [9.17, 15) is 24.3 Å². The number of carboxylic acid groups (broad SMARTS) is 1. The van der Waals surface area contributed by atoms with Crippen LogP contribution in [-0.4, -0.2) is 32.6 Å². The molecule has 2 aromatic carbocycles. The van der Waals surface area contributed by atoms with E-state index in [4.69, 9.17) is 0 Å². The summed E-state index contributed by atoms with van der Waals surface area (Å²) in [6, 6.07) is 13.0. The van der Waals surface area contributed by atoms with Gasteiger partial charge >= 0.3 is 11.7 Å². The molecule has 3 N–H and O–H groups in total. The molecule has 0 aliphatic carbocycles. The van der Waals surface area contributed by atoms with Gasteiger partial charge in [-0.1, -0.05) is 42.5 Å². The molecular formula is C20H19N3O5. The van der Waals surface area contributed by atoms with Crippen molar-refractivity contribution in [3.8, 4) is 0 Å². The minimum Gasteiger partial charge on any atom is -0.480 e. The van der Waals surface area contributed by atoms with Gasteiger partial charge in [-0.15, -0.1) is 0 Å². The van der Waals surface area contributed by atoms with Crippen LogP contribution in [0.15, 0.2) is 64.2 Å². The number of fused-ring (bicyclic) bond motifs is 1. The van der Waals surface area contributed by atoms with E-state index in [2.05, 4.69) is 10.3 Å². The molecule has 2 unspecified atom stereocenters. The number of nitrogens with one attached hydrogen (secondary N) is 2. The van der Waals surface area contributed by atoms with Crippen LogP contribution >= 0.6 is 0 Å². The third kappa shape index (κ3) is 3.85. The Bertz CT molecular complexity index is 1130. The molecule has 0 radical (unpaired) electrons. The standard InChI is InChI=1S/C20H19N3O5/c1-12(23-18(25)14-9-5-6-10-15(14)22-20(23)28)17(24)21-16(19(26)27)11-13-7-3-2-4-8-13/h2-10,12,16H,11H2,1H3,(H,21,24)(H,22,28)(H,26,27). The second-order valence-corrected chi connectivity index (χ2v) is 6.42. The predicted molar refractivity (Wildman–Crippen MR) is 103 cm³/mol. The van der Waals surface area contributed by atoms with Crippen LogP contribution in [0.1, 0.15) is 18.5 Å². The maximum atomic E-state index is 12.7. The van der Waals surface area contributed by atoms with Crippen molar-refractivity contribution in [2.24, 2.45) is 0 Å². The molecule has 0 aliphatic heterocycles. The van der Waals surface area contributed by atoms with E-state index in [0.717, 1.165) is 10.1 Å². The molecule has 0 saturated heterocycles. The molecule has 1 heterocycles. The number of carbonyl (C=O) groups excluding carboxylic acids is 1. The van der Waals surface area contributed by atoms with Crippen molar-refractivity contribution in [2.75, 3.05) is 0 Å². The van der Waals surface area contributed by atoms with Crippen LogP contribution in [-0.2, 0) is 16.0 Å². The van der Waals surface area contributed by atoms with Crippen LogP contribution in [0.25, 0.3) is 10.9 Å². The van der Waals surface area contributed by atoms with E-state index in [-0.39, 0.29) is 11.8 Å². The number of H-pyrrole nitrogens is 1. The molecule has 1 aromatic heterocycles. The van der Waals surface area contributed by atoms with E-state index in [1.807, 2.05) is 0 Å². The van der Waals surface area contributed by atoms with Gasteiger partial charge in [0.05, 0.1) is 10.9 Å². The van der Waals surface area contributed by atoms with Gasteiger partial charge in [0.1, 0.15) is 12.1 Å². The fourth-order valence-corrected chi connectivity index (χ4v) is 2.99. The zero-order valence-electron chi connectivity index (χ0n) is 15.1. The van der Waals surface area contributed by atoms with Crippen molar-refractivity contribution in [1.82, 2.24) is 14.9 Å². The minimum absolute atomic E-state index is 0.0810. The maximum absolute atomic E-state index is 12.7. The Kier molecular flexibility index (Phi) is 5.39. The molecule has 0 bridgehead atoms. The first-order chi connectivity index (χ1) is 13.4. The quantitative estimate of drug-likeness (QED) is 0.590. The third-order valence-electron chi connectivity index (χ3n) is 4.50. The Morgan fingerprint density at radius 2 is 1.71 bits per heavy atom. The number of hydrogen-bond donors (Lipinski definition) is 3. The van der Waals surface area contributed by atoms with Crippen LogP contribution in [0.2, 0.25) is 0 Å². The average Bonchev–Trinajstić information content (AvgIpc) is 2.68. The number of carbonyl (C=O) groups is 2. The second kappa shape index (κ2) is 7.91. The third-order valence-corrected chi connectivity index (χ3v) is 4.50. The molecular weight excluding hydrogens is 362 g/mol. The molecule has 3 rings (SSSR count). The molecule has 8 heteroatoms. The van der Waals surface area contributed by atoms with Crippen LogP contribution in [0.4, 0.5) is 0 Å². The first-order valence-corrected chi connectivity index (χ1v) is 8.69. The van der Waals surface area contributed by atoms with Gasteiger partial charge in [0.15, 0.2) is 0 Å². The fraction of sp³-hybridized carbons (Fsp3) is 0.200. The van der Waals surface area contributed by atoms with Crippen molar-refractivity contribution in [1.29, 1.82) is 0 Å². The van der Waals surface area contributed by atoms with Crippen molar-refractivity contribution in [2.45, 2.75) is 25.4 Å². The number of carboxylic acids is 1. The number of benzene rings is 2. The minimum atomic E-state index is -1.20. The molecule has 0 spiro atoms. The first-order valence-electron chi connectivity index (χ1n) is 8.69. The summed E-state index contributed by atoms with van der Waals surface area (Å²) in [6.07, 6.45) is 0.0810. The zero-order valence-corrected chi connectivity index (χ0v) is 15.1. The lowest BCUT2D eigenvalue weighted by molar-refractivity contribution is -0.142. The number of nitrogens with zero attached hydrogens (tertiary/aromatic N) is 1. The summed E-state index contributed by atoms with van der Waals surface area (Å²) < 4.78 is 0.791. The molecule has 0 aliphatic rings. The van der Waals surface area contributed by atoms with Gasteiger partial charge in [-0.25, -0.2) is 14.2 Å². The Balaban J connectivity index is 1.88. The zero-order chi connectivity index (χ0) is 20.3. The van der Waals surface area contributed by atoms with Crippen LogP contribution in [0, 0.1) is 0 Å². The van der Waals surface area contributed by atoms with E-state index in [1.54, 1.807) is 54.6 Å². The van der Waals surface area contributed by atoms with Gasteiger partial charge in [0.2, 0.25) is 5.91 Å². The fourth-order valence-electron chi connectivity index (χ4n) is 2.99. The molecule has 28 heavy (non-hydrogen) atoms. The SMILES string of the molecule is CC(C(=O)NC(Cc1ccccc1)C(=O)O)n1c(=O)[nH]c2ccccc2c1=O. The Labute approximate surface area is 159 Å². The summed E-state index contributed by atoms with van der Waals surface area (Å²) in [5.41, 5.74) is -0.240. The number of aromatic amines is 1. The average molecular weight is 381 g/mol. The van der Waals surface area contributed by atoms with E-state index >= 15 is 0 Å². The monoisotopic (exact) mass is 381 g/mol. The molecule has 144 valence electrons. The number of aliphatic carboxylic acids is 1. The molecule has 0 saturated carbocycles. The second-order valence-electron chi connectivity index (χ2n) is 6.42. The lowest BCUT2D eigenvalue weighted by Gasteiger charge is -2.19. The topological polar surface area (TPSA) is 121 Å². The Morgan fingerprint density at radius 3 is 2.39 bits per heavy atom. The normalized spacial score (nSPS) is 13.0. The highest BCUT2D eigenvalue weighted by molar-refractivity contribution is 5.86. The number of aromatic nitrogens is 2. The van der Waals surface area contributed by atoms with Gasteiger partial charge in [-0.2, -0.15) is 0 Å². The van der Waals surface area contributed by atoms with Gasteiger partial charge in [-0.3, -0.25) is 9.59 Å². The summed E-state index contributed by atoms with van der Waals surface area (Å²) in [6.45, 7) is 1.38. The predicted octanol–water partition coefficient (Wildman–Crippen LogP) is 1.06. The highest BCUT2D eigenvalue weighted by Crippen LogP contribution is 2.08. The first kappa shape index (κ1) is 19.1. The lowest BCUT2D eigenvalue weighted by atomic mass is 10.1. The number of para-hydroxylation sites is 1. The van der Waals surface area contributed by atoms with Crippen molar-refractivity contribution in [3.05, 3.63) is 81.0 Å². The van der Waals surface area contributed by atoms with Gasteiger partial charge < -0.3 is 15.4 Å². The van der Waals surface area contributed by atoms with E-state index in [1.165, 1.54) is 6.92 Å². The van der Waals surface area contributed by atoms with Crippen molar-refractivity contribution >= 4 is 22.8 Å². The largest absolute Gasteiger partial charge is 0.480 e. The van der Waals surface area contributed by atoms with Gasteiger partial charge in [0, 0.05) is 6.42 Å². The van der Waals surface area contributed by atoms with Crippen LogP contribution < -0.4 is 16.6 Å². The van der Waals surface area contributed by atoms with E-state index in [0.29, 0.717) is 5.52 Å². The Hall–Kier alpha value is -3.68. The number of amides is 1. The van der Waals surface area contributed by atoms with Gasteiger partial charge in [-0.05, 0) is 24.6 Å².